The average molecular weight is 310 g/mol. The number of benzene rings is 1. The van der Waals surface area contributed by atoms with Gasteiger partial charge in [-0.15, -0.1) is 0 Å². The molecule has 0 saturated heterocycles. The molecule has 6 heteroatoms. The Morgan fingerprint density at radius 1 is 1.22 bits per heavy atom. The van der Waals surface area contributed by atoms with Crippen LogP contribution in [0.15, 0.2) is 47.3 Å². The summed E-state index contributed by atoms with van der Waals surface area (Å²) in [6, 6.07) is 14.5. The van der Waals surface area contributed by atoms with Gasteiger partial charge < -0.3 is 15.6 Å². The number of carbonyl (C=O) groups excluding carboxylic acids is 1. The molecule has 0 spiro atoms. The minimum atomic E-state index is -0.388. The molecular formula is C17H18N4O2. The van der Waals surface area contributed by atoms with E-state index in [9.17, 15) is 9.59 Å². The minimum Gasteiger partial charge on any atom is -0.355 e. The normalized spacial score (nSPS) is 10.1. The van der Waals surface area contributed by atoms with Crippen LogP contribution in [0, 0.1) is 11.3 Å². The lowest BCUT2D eigenvalue weighted by molar-refractivity contribution is -0.121. The second-order valence-corrected chi connectivity index (χ2v) is 4.96. The van der Waals surface area contributed by atoms with Crippen LogP contribution in [0.1, 0.15) is 12.0 Å². The summed E-state index contributed by atoms with van der Waals surface area (Å²) >= 11 is 0. The van der Waals surface area contributed by atoms with Crippen LogP contribution in [0.4, 0.5) is 0 Å². The molecule has 1 heterocycles. The highest BCUT2D eigenvalue weighted by molar-refractivity contribution is 5.75. The van der Waals surface area contributed by atoms with Crippen LogP contribution >= 0.6 is 0 Å². The van der Waals surface area contributed by atoms with Gasteiger partial charge in [-0.2, -0.15) is 5.26 Å². The van der Waals surface area contributed by atoms with Gasteiger partial charge in [-0.1, -0.05) is 30.3 Å². The van der Waals surface area contributed by atoms with Gasteiger partial charge in [-0.3, -0.25) is 9.59 Å². The number of nitriles is 1. The minimum absolute atomic E-state index is 0.0621. The third-order valence-corrected chi connectivity index (χ3v) is 3.39. The van der Waals surface area contributed by atoms with Crippen LogP contribution in [0.5, 0.6) is 0 Å². The van der Waals surface area contributed by atoms with E-state index < -0.39 is 0 Å². The lowest BCUT2D eigenvalue weighted by atomic mass is 10.1. The molecule has 0 aliphatic rings. The number of nitrogens with two attached hydrogens (primary N) is 1. The summed E-state index contributed by atoms with van der Waals surface area (Å²) in [5, 5.41) is 11.7. The number of nitrogens with zero attached hydrogens (tertiary/aromatic N) is 2. The zero-order chi connectivity index (χ0) is 16.7. The highest BCUT2D eigenvalue weighted by atomic mass is 16.1. The number of pyridine rings is 1. The van der Waals surface area contributed by atoms with Gasteiger partial charge in [0.2, 0.25) is 5.91 Å². The Bertz CT molecular complexity index is 775. The SMILES string of the molecule is N#Cc1ccc(-c2ccccc2)n(CCC(=O)NCCN)c1=O. The largest absolute Gasteiger partial charge is 0.355 e. The zero-order valence-corrected chi connectivity index (χ0v) is 12.7. The summed E-state index contributed by atoms with van der Waals surface area (Å²) < 4.78 is 1.47. The molecule has 0 atom stereocenters. The Morgan fingerprint density at radius 3 is 2.61 bits per heavy atom. The van der Waals surface area contributed by atoms with E-state index in [1.54, 1.807) is 6.07 Å². The molecule has 3 N–H and O–H groups in total. The van der Waals surface area contributed by atoms with Crippen molar-refractivity contribution in [3.63, 3.8) is 0 Å². The molecular weight excluding hydrogens is 292 g/mol. The maximum Gasteiger partial charge on any atom is 0.268 e. The molecule has 0 fully saturated rings. The van der Waals surface area contributed by atoms with Gasteiger partial charge in [0, 0.05) is 26.1 Å². The molecule has 0 aliphatic carbocycles. The van der Waals surface area contributed by atoms with E-state index in [1.165, 1.54) is 10.6 Å². The third-order valence-electron chi connectivity index (χ3n) is 3.39. The summed E-state index contributed by atoms with van der Waals surface area (Å²) in [6.45, 7) is 0.970. The van der Waals surface area contributed by atoms with Gasteiger partial charge in [-0.25, -0.2) is 0 Å². The van der Waals surface area contributed by atoms with E-state index in [-0.39, 0.29) is 30.0 Å². The van der Waals surface area contributed by atoms with Crippen molar-refractivity contribution in [2.24, 2.45) is 5.73 Å². The van der Waals surface area contributed by atoms with Crippen molar-refractivity contribution in [3.05, 3.63) is 58.4 Å². The Labute approximate surface area is 134 Å². The molecule has 0 saturated carbocycles. The van der Waals surface area contributed by atoms with Gasteiger partial charge in [-0.05, 0) is 17.7 Å². The molecule has 1 amide bonds. The van der Waals surface area contributed by atoms with E-state index in [0.29, 0.717) is 18.8 Å². The van der Waals surface area contributed by atoms with Crippen LogP contribution in [-0.2, 0) is 11.3 Å². The quantitative estimate of drug-likeness (QED) is 0.826. The first-order chi connectivity index (χ1) is 11.2. The predicted molar refractivity (Wildman–Crippen MR) is 87.5 cm³/mol. The van der Waals surface area contributed by atoms with Gasteiger partial charge >= 0.3 is 0 Å². The Balaban J connectivity index is 2.34. The highest BCUT2D eigenvalue weighted by Crippen LogP contribution is 2.18. The van der Waals surface area contributed by atoms with Crippen molar-refractivity contribution in [2.45, 2.75) is 13.0 Å². The molecule has 1 aromatic heterocycles. The summed E-state index contributed by atoms with van der Waals surface area (Å²) in [5.41, 5.74) is 6.55. The van der Waals surface area contributed by atoms with Crippen molar-refractivity contribution in [1.29, 1.82) is 5.26 Å². The summed E-state index contributed by atoms with van der Waals surface area (Å²) in [5.74, 6) is -0.177. The first-order valence-electron chi connectivity index (χ1n) is 7.33. The fraction of sp³-hybridized carbons (Fsp3) is 0.235. The number of nitrogens with one attached hydrogen (secondary N) is 1. The third kappa shape index (κ3) is 4.05. The average Bonchev–Trinajstić information content (AvgIpc) is 2.59. The Morgan fingerprint density at radius 2 is 1.96 bits per heavy atom. The molecule has 118 valence electrons. The number of hydrogen-bond acceptors (Lipinski definition) is 4. The first kappa shape index (κ1) is 16.5. The van der Waals surface area contributed by atoms with Crippen molar-refractivity contribution in [1.82, 2.24) is 9.88 Å². The second kappa shape index (κ2) is 7.92. The molecule has 23 heavy (non-hydrogen) atoms. The van der Waals surface area contributed by atoms with Crippen molar-refractivity contribution < 1.29 is 4.79 Å². The van der Waals surface area contributed by atoms with Gasteiger partial charge in [0.25, 0.3) is 5.56 Å². The Kier molecular flexibility index (Phi) is 5.67. The number of rotatable bonds is 6. The molecule has 0 unspecified atom stereocenters. The predicted octanol–water partition coefficient (Wildman–Crippen LogP) is 0.852. The first-order valence-corrected chi connectivity index (χ1v) is 7.33. The molecule has 2 rings (SSSR count). The van der Waals surface area contributed by atoms with E-state index in [2.05, 4.69) is 5.32 Å². The van der Waals surface area contributed by atoms with Crippen molar-refractivity contribution in [3.8, 4) is 17.3 Å². The second-order valence-electron chi connectivity index (χ2n) is 4.96. The lowest BCUT2D eigenvalue weighted by Crippen LogP contribution is -2.31. The fourth-order valence-corrected chi connectivity index (χ4v) is 2.26. The van der Waals surface area contributed by atoms with Crippen LogP contribution in [0.3, 0.4) is 0 Å². The van der Waals surface area contributed by atoms with Crippen LogP contribution in [-0.4, -0.2) is 23.6 Å². The van der Waals surface area contributed by atoms with Crippen LogP contribution < -0.4 is 16.6 Å². The standard InChI is InChI=1S/C17H18N4O2/c18-9-10-20-16(22)8-11-21-15(13-4-2-1-3-5-13)7-6-14(12-19)17(21)23/h1-7H,8-11,18H2,(H,20,22). The fourth-order valence-electron chi connectivity index (χ4n) is 2.26. The molecule has 0 bridgehead atoms. The molecule has 6 nitrogen and oxygen atoms in total. The lowest BCUT2D eigenvalue weighted by Gasteiger charge is -2.13. The number of hydrogen-bond donors (Lipinski definition) is 2. The highest BCUT2D eigenvalue weighted by Gasteiger charge is 2.11. The summed E-state index contributed by atoms with van der Waals surface area (Å²) in [4.78, 5) is 24.2. The summed E-state index contributed by atoms with van der Waals surface area (Å²) in [6.07, 6.45) is 0.147. The van der Waals surface area contributed by atoms with E-state index in [0.717, 1.165) is 5.56 Å². The number of amides is 1. The smallest absolute Gasteiger partial charge is 0.268 e. The molecule has 1 aromatic carbocycles. The number of carbonyl (C=O) groups is 1. The van der Waals surface area contributed by atoms with Crippen LogP contribution in [0.2, 0.25) is 0 Å². The van der Waals surface area contributed by atoms with E-state index in [4.69, 9.17) is 11.0 Å². The van der Waals surface area contributed by atoms with Crippen LogP contribution in [0.25, 0.3) is 11.3 Å². The molecule has 2 aromatic rings. The van der Waals surface area contributed by atoms with Crippen molar-refractivity contribution in [2.75, 3.05) is 13.1 Å². The maximum absolute atomic E-state index is 12.4. The van der Waals surface area contributed by atoms with E-state index >= 15 is 0 Å². The molecule has 0 aliphatic heterocycles. The van der Waals surface area contributed by atoms with Gasteiger partial charge in [0.05, 0.1) is 5.69 Å². The zero-order valence-electron chi connectivity index (χ0n) is 12.7. The number of aromatic nitrogens is 1. The van der Waals surface area contributed by atoms with Gasteiger partial charge in [0.1, 0.15) is 11.6 Å². The van der Waals surface area contributed by atoms with Crippen molar-refractivity contribution >= 4 is 5.91 Å². The maximum atomic E-state index is 12.4. The topological polar surface area (TPSA) is 101 Å². The molecule has 0 radical (unpaired) electrons. The van der Waals surface area contributed by atoms with E-state index in [1.807, 2.05) is 36.4 Å². The Hall–Kier alpha value is -2.91. The van der Waals surface area contributed by atoms with Gasteiger partial charge in [0.15, 0.2) is 0 Å². The monoisotopic (exact) mass is 310 g/mol. The summed E-state index contributed by atoms with van der Waals surface area (Å²) in [7, 11) is 0.